The molecule has 6 aromatic rings. The molecule has 0 atom stereocenters. The molecular weight excluding hydrogens is 773 g/mol. The Morgan fingerprint density at radius 3 is 1.93 bits per heavy atom. The maximum atomic E-state index is 8.17. The van der Waals surface area contributed by atoms with Crippen molar-refractivity contribution in [1.29, 1.82) is 5.41 Å². The highest BCUT2D eigenvalue weighted by molar-refractivity contribution is 7.99. The number of anilines is 1. The van der Waals surface area contributed by atoms with E-state index in [1.54, 1.807) is 34.8 Å². The van der Waals surface area contributed by atoms with Crippen molar-refractivity contribution < 1.29 is 18.9 Å². The topological polar surface area (TPSA) is 177 Å². The Morgan fingerprint density at radius 1 is 0.724 bits per heavy atom. The Morgan fingerprint density at radius 2 is 1.33 bits per heavy atom. The SMILES string of the molecule is COc1ccc(OC)c(Sc2nc3c(N)ncnc3n2CCC2CCCCC2)c1.COc1ccc(OC)c(Sc2nc3c([nH]2)c(=N)ncn3CCC2CCCCC2)c1. The fourth-order valence-electron chi connectivity index (χ4n) is 7.90. The number of nitrogens with two attached hydrogens (primary N) is 1. The van der Waals surface area contributed by atoms with Crippen LogP contribution in [0.4, 0.5) is 5.82 Å². The fraction of sp³-hybridized carbons (Fsp3) is 0.476. The minimum absolute atomic E-state index is 0.214. The van der Waals surface area contributed by atoms with Crippen LogP contribution in [-0.2, 0) is 13.1 Å². The molecule has 0 aliphatic heterocycles. The van der Waals surface area contributed by atoms with E-state index in [9.17, 15) is 0 Å². The highest BCUT2D eigenvalue weighted by Crippen LogP contribution is 2.40. The van der Waals surface area contributed by atoms with Crippen LogP contribution in [0.15, 0.2) is 69.2 Å². The fourth-order valence-corrected chi connectivity index (χ4v) is 9.87. The first kappa shape index (κ1) is 41.2. The second-order valence-electron chi connectivity index (χ2n) is 14.8. The van der Waals surface area contributed by atoms with E-state index < -0.39 is 0 Å². The van der Waals surface area contributed by atoms with Crippen LogP contribution in [0.5, 0.6) is 23.0 Å². The number of ether oxygens (including phenoxy) is 4. The molecule has 0 amide bonds. The molecule has 4 heterocycles. The van der Waals surface area contributed by atoms with Crippen LogP contribution in [0.2, 0.25) is 0 Å². The summed E-state index contributed by atoms with van der Waals surface area (Å²) in [6.07, 6.45) is 18.9. The quantitative estimate of drug-likeness (QED) is 0.0952. The third-order valence-corrected chi connectivity index (χ3v) is 13.1. The maximum Gasteiger partial charge on any atom is 0.175 e. The van der Waals surface area contributed by atoms with E-state index in [1.807, 2.05) is 36.4 Å². The molecule has 8 rings (SSSR count). The van der Waals surface area contributed by atoms with Crippen LogP contribution in [0.25, 0.3) is 22.3 Å². The zero-order chi connectivity index (χ0) is 40.4. The van der Waals surface area contributed by atoms with Gasteiger partial charge < -0.3 is 38.8 Å². The first-order chi connectivity index (χ1) is 28.4. The molecule has 2 aliphatic carbocycles. The second-order valence-corrected chi connectivity index (χ2v) is 16.9. The first-order valence-electron chi connectivity index (χ1n) is 20.1. The summed E-state index contributed by atoms with van der Waals surface area (Å²) in [6, 6.07) is 11.4. The first-order valence-corrected chi connectivity index (χ1v) is 21.8. The lowest BCUT2D eigenvalue weighted by molar-refractivity contribution is 0.322. The molecule has 0 unspecified atom stereocenters. The molecule has 4 aromatic heterocycles. The molecule has 14 nitrogen and oxygen atoms in total. The van der Waals surface area contributed by atoms with Gasteiger partial charge in [-0.3, -0.25) is 5.41 Å². The molecule has 4 N–H and O–H groups in total. The average molecular weight is 827 g/mol. The number of hydrogen-bond acceptors (Lipinski definition) is 13. The van der Waals surface area contributed by atoms with Crippen molar-refractivity contribution in [2.75, 3.05) is 34.2 Å². The second kappa shape index (κ2) is 19.7. The van der Waals surface area contributed by atoms with Gasteiger partial charge in [-0.15, -0.1) is 0 Å². The summed E-state index contributed by atoms with van der Waals surface area (Å²) in [6.45, 7) is 1.75. The van der Waals surface area contributed by atoms with E-state index in [-0.39, 0.29) is 5.49 Å². The molecule has 58 heavy (non-hydrogen) atoms. The summed E-state index contributed by atoms with van der Waals surface area (Å²) >= 11 is 3.00. The largest absolute Gasteiger partial charge is 0.497 e. The van der Waals surface area contributed by atoms with Crippen molar-refractivity contribution >= 4 is 51.7 Å². The molecular formula is C42H54N10O4S2. The van der Waals surface area contributed by atoms with Gasteiger partial charge in [-0.25, -0.2) is 24.9 Å². The summed E-state index contributed by atoms with van der Waals surface area (Å²) in [7, 11) is 6.62. The Kier molecular flexibility index (Phi) is 14.0. The zero-order valence-electron chi connectivity index (χ0n) is 33.8. The van der Waals surface area contributed by atoms with Crippen molar-refractivity contribution in [3.63, 3.8) is 0 Å². The summed E-state index contributed by atoms with van der Waals surface area (Å²) in [4.78, 5) is 27.5. The molecule has 0 saturated heterocycles. The predicted molar refractivity (Wildman–Crippen MR) is 227 cm³/mol. The van der Waals surface area contributed by atoms with Gasteiger partial charge in [0.05, 0.1) is 44.6 Å². The van der Waals surface area contributed by atoms with E-state index in [0.717, 1.165) is 87.0 Å². The van der Waals surface area contributed by atoms with Gasteiger partial charge in [0, 0.05) is 13.1 Å². The molecule has 0 radical (unpaired) electrons. The van der Waals surface area contributed by atoms with E-state index in [2.05, 4.69) is 29.1 Å². The smallest absolute Gasteiger partial charge is 0.175 e. The van der Waals surface area contributed by atoms with E-state index in [4.69, 9.17) is 40.1 Å². The predicted octanol–water partition coefficient (Wildman–Crippen LogP) is 8.92. The van der Waals surface area contributed by atoms with Gasteiger partial charge in [0.2, 0.25) is 0 Å². The average Bonchev–Trinajstić information content (AvgIpc) is 3.86. The van der Waals surface area contributed by atoms with E-state index >= 15 is 0 Å². The van der Waals surface area contributed by atoms with Crippen molar-refractivity contribution in [2.24, 2.45) is 11.8 Å². The highest BCUT2D eigenvalue weighted by Gasteiger charge is 2.21. The van der Waals surface area contributed by atoms with E-state index in [0.29, 0.717) is 22.0 Å². The van der Waals surface area contributed by atoms with Crippen LogP contribution < -0.4 is 30.2 Å². The van der Waals surface area contributed by atoms with Gasteiger partial charge in [-0.1, -0.05) is 64.2 Å². The number of rotatable bonds is 14. The molecule has 2 aromatic carbocycles. The van der Waals surface area contributed by atoms with Crippen molar-refractivity contribution in [3.8, 4) is 23.0 Å². The third-order valence-electron chi connectivity index (χ3n) is 11.2. The summed E-state index contributed by atoms with van der Waals surface area (Å²) in [5.41, 5.74) is 9.20. The van der Waals surface area contributed by atoms with Crippen LogP contribution >= 0.6 is 23.5 Å². The lowest BCUT2D eigenvalue weighted by atomic mass is 9.87. The molecule has 2 saturated carbocycles. The summed E-state index contributed by atoms with van der Waals surface area (Å²) in [5, 5.41) is 9.72. The lowest BCUT2D eigenvalue weighted by Crippen LogP contribution is -2.15. The van der Waals surface area contributed by atoms with Crippen molar-refractivity contribution in [2.45, 2.75) is 110 Å². The number of nitrogen functional groups attached to an aromatic ring is 1. The van der Waals surface area contributed by atoms with Crippen molar-refractivity contribution in [3.05, 3.63) is 54.5 Å². The van der Waals surface area contributed by atoms with E-state index in [1.165, 1.54) is 94.1 Å². The Hall–Kier alpha value is -4.96. The molecule has 0 bridgehead atoms. The Balaban J connectivity index is 0.000000177. The number of nitrogens with one attached hydrogen (secondary N) is 2. The lowest BCUT2D eigenvalue weighted by Gasteiger charge is -2.22. The normalized spacial score (nSPS) is 15.0. The highest BCUT2D eigenvalue weighted by atomic mass is 32.2. The molecule has 2 aliphatic rings. The number of methoxy groups -OCH3 is 4. The number of aromatic nitrogens is 8. The number of aryl methyl sites for hydroxylation is 2. The number of hydrogen-bond donors (Lipinski definition) is 3. The molecule has 2 fully saturated rings. The summed E-state index contributed by atoms with van der Waals surface area (Å²) < 4.78 is 26.0. The Labute approximate surface area is 347 Å². The van der Waals surface area contributed by atoms with Gasteiger partial charge in [-0.2, -0.15) is 0 Å². The number of imidazole rings is 2. The van der Waals surface area contributed by atoms with Crippen molar-refractivity contribution in [1.82, 2.24) is 39.0 Å². The number of aromatic amines is 1. The zero-order valence-corrected chi connectivity index (χ0v) is 35.5. The third kappa shape index (κ3) is 9.83. The summed E-state index contributed by atoms with van der Waals surface area (Å²) in [5.74, 6) is 5.03. The number of nitrogens with zero attached hydrogens (tertiary/aromatic N) is 7. The Bertz CT molecular complexity index is 2350. The van der Waals surface area contributed by atoms with Crippen LogP contribution in [-0.4, -0.2) is 67.5 Å². The maximum absolute atomic E-state index is 8.17. The number of benzene rings is 2. The molecule has 0 spiro atoms. The minimum Gasteiger partial charge on any atom is -0.497 e. The van der Waals surface area contributed by atoms with Gasteiger partial charge in [0.25, 0.3) is 0 Å². The van der Waals surface area contributed by atoms with Crippen LogP contribution in [0.1, 0.15) is 77.0 Å². The van der Waals surface area contributed by atoms with Crippen LogP contribution in [0.3, 0.4) is 0 Å². The number of H-pyrrole nitrogens is 1. The number of fused-ring (bicyclic) bond motifs is 2. The van der Waals surface area contributed by atoms with Gasteiger partial charge in [0.15, 0.2) is 38.4 Å². The monoisotopic (exact) mass is 826 g/mol. The molecule has 308 valence electrons. The molecule has 16 heteroatoms. The van der Waals surface area contributed by atoms with Gasteiger partial charge in [-0.05, 0) is 84.6 Å². The van der Waals surface area contributed by atoms with Gasteiger partial charge in [0.1, 0.15) is 34.8 Å². The minimum atomic E-state index is 0.214. The standard InChI is InChI=1S/2C21H27N5O2S/c1-27-15-8-9-16(28-2)17(12-15)29-21-24-18-19(22)23-13-26(20(18)25-21)11-10-14-6-4-3-5-7-14;1-27-15-8-9-16(28-2)17(12-15)29-21-25-18-19(22)23-13-24-20(18)26(21)11-10-14-6-4-3-5-7-14/h8-9,12-14,22H,3-7,10-11H2,1-2H3,(H,24,25);8-9,12-14H,3-7,10-11H2,1-2H3,(H2,22,23,24). The van der Waals surface area contributed by atoms with Gasteiger partial charge >= 0.3 is 0 Å². The van der Waals surface area contributed by atoms with Crippen LogP contribution in [0, 0.1) is 17.2 Å².